The number of aromatic nitrogens is 3. The van der Waals surface area contributed by atoms with E-state index >= 15 is 0 Å². The van der Waals surface area contributed by atoms with Gasteiger partial charge in [0.1, 0.15) is 5.88 Å². The lowest BCUT2D eigenvalue weighted by Gasteiger charge is -2.15. The summed E-state index contributed by atoms with van der Waals surface area (Å²) in [5.41, 5.74) is 8.87. The molecule has 3 N–H and O–H groups in total. The Morgan fingerprint density at radius 2 is 1.74 bits per heavy atom. The molecule has 1 aliphatic rings. The van der Waals surface area contributed by atoms with Crippen molar-refractivity contribution in [1.82, 2.24) is 20.3 Å². The molecule has 2 heterocycles. The monoisotopic (exact) mass is 621 g/mol. The van der Waals surface area contributed by atoms with E-state index in [1.807, 2.05) is 36.4 Å². The van der Waals surface area contributed by atoms with Crippen molar-refractivity contribution >= 4 is 63.6 Å². The van der Waals surface area contributed by atoms with Crippen molar-refractivity contribution in [3.63, 3.8) is 0 Å². The molecule has 0 unspecified atom stereocenters. The molecule has 0 saturated heterocycles. The highest BCUT2D eigenvalue weighted by atomic mass is 35.5. The van der Waals surface area contributed by atoms with Crippen LogP contribution in [0.3, 0.4) is 0 Å². The molecule has 42 heavy (non-hydrogen) atoms. The maximum Gasteiger partial charge on any atom is 0.270 e. The molecule has 216 valence electrons. The zero-order chi connectivity index (χ0) is 29.3. The number of hydrogen-bond donors (Lipinski definition) is 3. The van der Waals surface area contributed by atoms with Crippen LogP contribution < -0.4 is 16.2 Å². The SMILES string of the molecule is O=C(CSc1nnc(Cc2c(NC(=O)CCl)sc3c2CCCC3)n1NC(=O)c1ccccc1)N/N=C/c1ccccc1. The minimum atomic E-state index is -0.349. The summed E-state index contributed by atoms with van der Waals surface area (Å²) in [5.74, 6) is -0.654. The Labute approximate surface area is 255 Å². The van der Waals surface area contributed by atoms with Crippen molar-refractivity contribution in [2.75, 3.05) is 22.4 Å². The van der Waals surface area contributed by atoms with E-state index in [-0.39, 0.29) is 29.4 Å². The number of nitrogens with zero attached hydrogens (tertiary/aromatic N) is 4. The zero-order valence-electron chi connectivity index (χ0n) is 22.5. The van der Waals surface area contributed by atoms with Gasteiger partial charge in [0, 0.05) is 16.9 Å². The zero-order valence-corrected chi connectivity index (χ0v) is 24.9. The van der Waals surface area contributed by atoms with Gasteiger partial charge >= 0.3 is 0 Å². The molecule has 4 aromatic rings. The number of thiophene rings is 1. The number of thioether (sulfide) groups is 1. The number of carbonyl (C=O) groups excluding carboxylic acids is 3. The van der Waals surface area contributed by atoms with E-state index < -0.39 is 0 Å². The largest absolute Gasteiger partial charge is 0.316 e. The predicted molar refractivity (Wildman–Crippen MR) is 166 cm³/mol. The van der Waals surface area contributed by atoms with Crippen molar-refractivity contribution < 1.29 is 14.4 Å². The van der Waals surface area contributed by atoms with E-state index in [0.717, 1.165) is 53.6 Å². The number of hydrogen-bond acceptors (Lipinski definition) is 8. The summed E-state index contributed by atoms with van der Waals surface area (Å²) in [5, 5.41) is 16.7. The van der Waals surface area contributed by atoms with Gasteiger partial charge in [-0.2, -0.15) is 5.10 Å². The fourth-order valence-electron chi connectivity index (χ4n) is 4.49. The van der Waals surface area contributed by atoms with Crippen LogP contribution >= 0.6 is 34.7 Å². The van der Waals surface area contributed by atoms with Gasteiger partial charge in [-0.05, 0) is 54.5 Å². The Bertz CT molecular complexity index is 1590. The van der Waals surface area contributed by atoms with Gasteiger partial charge in [0.05, 0.1) is 17.0 Å². The molecule has 10 nitrogen and oxygen atoms in total. The van der Waals surface area contributed by atoms with Gasteiger partial charge in [-0.3, -0.25) is 19.8 Å². The van der Waals surface area contributed by atoms with Crippen LogP contribution in [-0.2, 0) is 28.9 Å². The molecule has 0 radical (unpaired) electrons. The van der Waals surface area contributed by atoms with Gasteiger partial charge in [0.2, 0.25) is 11.1 Å². The third kappa shape index (κ3) is 7.44. The number of rotatable bonds is 11. The number of halogens is 1. The number of aryl methyl sites for hydroxylation is 1. The molecule has 0 spiro atoms. The fraction of sp³-hybridized carbons (Fsp3) is 0.241. The number of benzene rings is 2. The molecular formula is C29H28ClN7O3S2. The van der Waals surface area contributed by atoms with E-state index in [4.69, 9.17) is 11.6 Å². The van der Waals surface area contributed by atoms with Gasteiger partial charge in [-0.25, -0.2) is 10.1 Å². The van der Waals surface area contributed by atoms with Gasteiger partial charge in [0.25, 0.3) is 11.8 Å². The number of fused-ring (bicyclic) bond motifs is 1. The van der Waals surface area contributed by atoms with Gasteiger partial charge in [-0.15, -0.1) is 33.1 Å². The first kappa shape index (κ1) is 29.5. The Morgan fingerprint density at radius 1 is 1.00 bits per heavy atom. The summed E-state index contributed by atoms with van der Waals surface area (Å²) < 4.78 is 1.51. The number of nitrogens with one attached hydrogen (secondary N) is 3. The third-order valence-corrected chi connectivity index (χ3v) is 8.90. The molecule has 3 amide bonds. The average Bonchev–Trinajstić information content (AvgIpc) is 3.57. The highest BCUT2D eigenvalue weighted by Crippen LogP contribution is 2.39. The van der Waals surface area contributed by atoms with Crippen LogP contribution in [0.1, 0.15) is 50.6 Å². The summed E-state index contributed by atoms with van der Waals surface area (Å²) in [6.07, 6.45) is 5.88. The van der Waals surface area contributed by atoms with Crippen LogP contribution in [0.5, 0.6) is 0 Å². The van der Waals surface area contributed by atoms with Gasteiger partial charge in [0.15, 0.2) is 5.82 Å². The smallest absolute Gasteiger partial charge is 0.270 e. The summed E-state index contributed by atoms with van der Waals surface area (Å²) in [6.45, 7) is 0. The Balaban J connectivity index is 1.38. The first-order valence-electron chi connectivity index (χ1n) is 13.3. The summed E-state index contributed by atoms with van der Waals surface area (Å²) in [6, 6.07) is 18.2. The molecule has 2 aromatic heterocycles. The summed E-state index contributed by atoms with van der Waals surface area (Å²) in [4.78, 5) is 39.1. The standard InChI is InChI=1S/C29H28ClN7O3S2/c30-16-25(38)32-28-22(21-13-7-8-14-23(21)42-28)15-24-33-35-29(37(24)36-27(40)20-11-5-2-6-12-20)41-18-26(39)34-31-17-19-9-3-1-4-10-19/h1-6,9-12,17H,7-8,13-16,18H2,(H,32,38)(H,34,39)(H,36,40)/b31-17+. The van der Waals surface area contributed by atoms with Crippen LogP contribution in [0, 0.1) is 0 Å². The highest BCUT2D eigenvalue weighted by molar-refractivity contribution is 7.99. The first-order valence-corrected chi connectivity index (χ1v) is 15.6. The van der Waals surface area contributed by atoms with Gasteiger partial charge in [-0.1, -0.05) is 60.3 Å². The van der Waals surface area contributed by atoms with Crippen molar-refractivity contribution in [3.8, 4) is 0 Å². The van der Waals surface area contributed by atoms with Crippen molar-refractivity contribution in [2.45, 2.75) is 37.3 Å². The second-order valence-corrected chi connectivity index (χ2v) is 11.7. The maximum absolute atomic E-state index is 13.2. The Hall–Kier alpha value is -4.00. The number of anilines is 1. The maximum atomic E-state index is 13.2. The number of alkyl halides is 1. The summed E-state index contributed by atoms with van der Waals surface area (Å²) >= 11 is 8.47. The van der Waals surface area contributed by atoms with Crippen LogP contribution in [0.25, 0.3) is 0 Å². The lowest BCUT2D eigenvalue weighted by atomic mass is 9.94. The van der Waals surface area contributed by atoms with Gasteiger partial charge < -0.3 is 5.32 Å². The van der Waals surface area contributed by atoms with Crippen LogP contribution in [-0.4, -0.2) is 50.4 Å². The van der Waals surface area contributed by atoms with E-state index in [1.54, 1.807) is 41.8 Å². The lowest BCUT2D eigenvalue weighted by Crippen LogP contribution is -2.26. The molecule has 0 bridgehead atoms. The molecule has 0 fully saturated rings. The van der Waals surface area contributed by atoms with Crippen molar-refractivity contribution in [2.24, 2.45) is 5.10 Å². The molecule has 2 aromatic carbocycles. The minimum Gasteiger partial charge on any atom is -0.316 e. The second kappa shape index (κ2) is 14.3. The normalized spacial score (nSPS) is 12.6. The molecule has 5 rings (SSSR count). The molecule has 0 saturated carbocycles. The van der Waals surface area contributed by atoms with Crippen LogP contribution in [0.4, 0.5) is 5.00 Å². The first-order chi connectivity index (χ1) is 20.5. The molecule has 0 atom stereocenters. The average molecular weight is 622 g/mol. The molecule has 0 aliphatic heterocycles. The summed E-state index contributed by atoms with van der Waals surface area (Å²) in [7, 11) is 0. The second-order valence-electron chi connectivity index (χ2n) is 9.41. The topological polar surface area (TPSA) is 130 Å². The van der Waals surface area contributed by atoms with E-state index in [0.29, 0.717) is 23.0 Å². The van der Waals surface area contributed by atoms with E-state index in [9.17, 15) is 14.4 Å². The van der Waals surface area contributed by atoms with Crippen LogP contribution in [0.15, 0.2) is 70.9 Å². The Morgan fingerprint density at radius 3 is 2.50 bits per heavy atom. The van der Waals surface area contributed by atoms with Crippen molar-refractivity contribution in [1.29, 1.82) is 0 Å². The van der Waals surface area contributed by atoms with E-state index in [1.165, 1.54) is 15.1 Å². The quantitative estimate of drug-likeness (QED) is 0.0970. The molecule has 1 aliphatic carbocycles. The lowest BCUT2D eigenvalue weighted by molar-refractivity contribution is -0.118. The molecule has 13 heteroatoms. The minimum absolute atomic E-state index is 0.00362. The van der Waals surface area contributed by atoms with Crippen molar-refractivity contribution in [3.05, 3.63) is 93.6 Å². The number of hydrazone groups is 1. The number of carbonyl (C=O) groups is 3. The Kier molecular flexibility index (Phi) is 10.0. The highest BCUT2D eigenvalue weighted by Gasteiger charge is 2.25. The molecular weight excluding hydrogens is 594 g/mol. The number of amides is 3. The third-order valence-electron chi connectivity index (χ3n) is 6.47. The fourth-order valence-corrected chi connectivity index (χ4v) is 6.59. The van der Waals surface area contributed by atoms with E-state index in [2.05, 4.69) is 31.5 Å². The van der Waals surface area contributed by atoms with Crippen LogP contribution in [0.2, 0.25) is 0 Å². The predicted octanol–water partition coefficient (Wildman–Crippen LogP) is 4.61.